The Bertz CT molecular complexity index is 1320. The number of halogens is 3. The lowest BCUT2D eigenvalue weighted by atomic mass is 10.1. The van der Waals surface area contributed by atoms with E-state index in [1.165, 1.54) is 40.3 Å². The van der Waals surface area contributed by atoms with E-state index in [0.29, 0.717) is 10.7 Å². The molecular weight excluding hydrogens is 427 g/mol. The molecule has 0 saturated heterocycles. The number of fused-ring (bicyclic) bond motifs is 1. The number of pyridine rings is 1. The molecule has 0 bridgehead atoms. The minimum atomic E-state index is -4.42. The number of nitrogens with zero attached hydrogens (tertiary/aromatic N) is 2. The van der Waals surface area contributed by atoms with Crippen LogP contribution in [-0.4, -0.2) is 15.5 Å². The second-order valence-corrected chi connectivity index (χ2v) is 8.02. The van der Waals surface area contributed by atoms with E-state index in [1.807, 2.05) is 25.1 Å². The van der Waals surface area contributed by atoms with Crippen molar-refractivity contribution in [1.29, 1.82) is 0 Å². The largest absolute Gasteiger partial charge is 0.416 e. The van der Waals surface area contributed by atoms with Crippen molar-refractivity contribution >= 4 is 32.6 Å². The molecule has 2 heterocycles. The molecule has 0 spiro atoms. The molecule has 31 heavy (non-hydrogen) atoms. The van der Waals surface area contributed by atoms with Gasteiger partial charge in [-0.1, -0.05) is 29.5 Å². The van der Waals surface area contributed by atoms with E-state index in [-0.39, 0.29) is 12.1 Å². The molecule has 9 heteroatoms. The lowest BCUT2D eigenvalue weighted by Crippen LogP contribution is -2.29. The lowest BCUT2D eigenvalue weighted by molar-refractivity contribution is -0.137. The molecule has 0 unspecified atom stereocenters. The summed E-state index contributed by atoms with van der Waals surface area (Å²) in [4.78, 5) is 29.8. The number of alkyl halides is 3. The Morgan fingerprint density at radius 3 is 2.58 bits per heavy atom. The molecule has 2 aromatic carbocycles. The number of amides is 1. The first kappa shape index (κ1) is 20.8. The summed E-state index contributed by atoms with van der Waals surface area (Å²) in [6.45, 7) is 2.00. The molecule has 1 amide bonds. The molecule has 0 atom stereocenters. The Balaban J connectivity index is 1.55. The van der Waals surface area contributed by atoms with E-state index < -0.39 is 23.2 Å². The van der Waals surface area contributed by atoms with Gasteiger partial charge in [0.2, 0.25) is 0 Å². The van der Waals surface area contributed by atoms with E-state index in [0.717, 1.165) is 27.9 Å². The fourth-order valence-electron chi connectivity index (χ4n) is 3.08. The monoisotopic (exact) mass is 443 g/mol. The van der Waals surface area contributed by atoms with Crippen LogP contribution in [0.2, 0.25) is 0 Å². The van der Waals surface area contributed by atoms with Gasteiger partial charge in [-0.3, -0.25) is 14.9 Å². The molecule has 0 aliphatic rings. The zero-order valence-corrected chi connectivity index (χ0v) is 17.1. The molecule has 0 aliphatic carbocycles. The topological polar surface area (TPSA) is 64.0 Å². The van der Waals surface area contributed by atoms with Crippen molar-refractivity contribution in [3.63, 3.8) is 0 Å². The third-order valence-electron chi connectivity index (χ3n) is 4.66. The second kappa shape index (κ2) is 7.99. The standard InChI is InChI=1S/C22H16F3N3O2S/c1-13-4-9-17-18(11-13)31-21(26-17)27-19(29)16-3-2-10-28(20(16)30)12-14-5-7-15(8-6-14)22(23,24)25/h2-11H,12H2,1H3,(H,26,27,29). The van der Waals surface area contributed by atoms with E-state index in [1.54, 1.807) is 6.07 Å². The molecule has 5 nitrogen and oxygen atoms in total. The van der Waals surface area contributed by atoms with Crippen LogP contribution in [0.4, 0.5) is 18.3 Å². The zero-order chi connectivity index (χ0) is 22.2. The minimum Gasteiger partial charge on any atom is -0.310 e. The van der Waals surface area contributed by atoms with Gasteiger partial charge in [-0.05, 0) is 54.4 Å². The summed E-state index contributed by atoms with van der Waals surface area (Å²) >= 11 is 1.31. The second-order valence-electron chi connectivity index (χ2n) is 6.99. The summed E-state index contributed by atoms with van der Waals surface area (Å²) < 4.78 is 40.3. The number of carbonyl (C=O) groups is 1. The number of carbonyl (C=O) groups excluding carboxylic acids is 1. The average Bonchev–Trinajstić information content (AvgIpc) is 3.10. The van der Waals surface area contributed by atoms with E-state index in [4.69, 9.17) is 0 Å². The highest BCUT2D eigenvalue weighted by Gasteiger charge is 2.29. The lowest BCUT2D eigenvalue weighted by Gasteiger charge is -2.10. The predicted molar refractivity (Wildman–Crippen MR) is 114 cm³/mol. The van der Waals surface area contributed by atoms with E-state index >= 15 is 0 Å². The summed E-state index contributed by atoms with van der Waals surface area (Å²) in [6.07, 6.45) is -2.94. The normalized spacial score (nSPS) is 11.6. The van der Waals surface area contributed by atoms with Crippen LogP contribution in [0.3, 0.4) is 0 Å². The van der Waals surface area contributed by atoms with Crippen LogP contribution in [-0.2, 0) is 12.7 Å². The summed E-state index contributed by atoms with van der Waals surface area (Å²) in [5, 5.41) is 3.03. The van der Waals surface area contributed by atoms with Gasteiger partial charge >= 0.3 is 6.18 Å². The molecule has 158 valence electrons. The molecular formula is C22H16F3N3O2S. The highest BCUT2D eigenvalue weighted by Crippen LogP contribution is 2.29. The van der Waals surface area contributed by atoms with Gasteiger partial charge in [0.1, 0.15) is 5.56 Å². The highest BCUT2D eigenvalue weighted by atomic mass is 32.1. The molecule has 4 aromatic rings. The van der Waals surface area contributed by atoms with Crippen molar-refractivity contribution in [2.45, 2.75) is 19.6 Å². The Hall–Kier alpha value is -3.46. The number of aryl methyl sites for hydroxylation is 1. The number of rotatable bonds is 4. The maximum atomic E-state index is 12.8. The number of thiazole rings is 1. The van der Waals surface area contributed by atoms with Crippen LogP contribution in [0.25, 0.3) is 10.2 Å². The molecule has 0 saturated carbocycles. The Labute approximate surface area is 178 Å². The zero-order valence-electron chi connectivity index (χ0n) is 16.2. The number of benzene rings is 2. The Morgan fingerprint density at radius 2 is 1.87 bits per heavy atom. The number of aromatic nitrogens is 2. The van der Waals surface area contributed by atoms with Gasteiger partial charge in [0, 0.05) is 6.20 Å². The fourth-order valence-corrected chi connectivity index (χ4v) is 4.04. The van der Waals surface area contributed by atoms with Crippen LogP contribution in [0.15, 0.2) is 65.6 Å². The number of hydrogen-bond acceptors (Lipinski definition) is 4. The third kappa shape index (κ3) is 4.51. The molecule has 0 radical (unpaired) electrons. The summed E-state index contributed by atoms with van der Waals surface area (Å²) in [6, 6.07) is 13.2. The van der Waals surface area contributed by atoms with Crippen molar-refractivity contribution in [3.05, 3.63) is 93.4 Å². The van der Waals surface area contributed by atoms with Crippen molar-refractivity contribution in [1.82, 2.24) is 9.55 Å². The first-order valence-corrected chi connectivity index (χ1v) is 10.1. The quantitative estimate of drug-likeness (QED) is 0.478. The van der Waals surface area contributed by atoms with Crippen molar-refractivity contribution in [3.8, 4) is 0 Å². The van der Waals surface area contributed by atoms with Gasteiger partial charge < -0.3 is 4.57 Å². The summed E-state index contributed by atoms with van der Waals surface area (Å²) in [5.74, 6) is -0.595. The van der Waals surface area contributed by atoms with Crippen LogP contribution in [0, 0.1) is 6.92 Å². The predicted octanol–water partition coefficient (Wildman–Crippen LogP) is 5.09. The summed E-state index contributed by atoms with van der Waals surface area (Å²) in [5.41, 5.74) is 0.945. The van der Waals surface area contributed by atoms with E-state index in [9.17, 15) is 22.8 Å². The van der Waals surface area contributed by atoms with Crippen LogP contribution < -0.4 is 10.9 Å². The SMILES string of the molecule is Cc1ccc2nc(NC(=O)c3cccn(Cc4ccc(C(F)(F)F)cc4)c3=O)sc2c1. The first-order chi connectivity index (χ1) is 14.7. The average molecular weight is 443 g/mol. The van der Waals surface area contributed by atoms with E-state index in [2.05, 4.69) is 10.3 Å². The Morgan fingerprint density at radius 1 is 1.13 bits per heavy atom. The number of hydrogen-bond donors (Lipinski definition) is 1. The van der Waals surface area contributed by atoms with Gasteiger partial charge in [-0.2, -0.15) is 13.2 Å². The van der Waals surface area contributed by atoms with Gasteiger partial charge in [0.15, 0.2) is 5.13 Å². The molecule has 0 aliphatic heterocycles. The smallest absolute Gasteiger partial charge is 0.310 e. The number of nitrogens with one attached hydrogen (secondary N) is 1. The molecule has 0 fully saturated rings. The minimum absolute atomic E-state index is 0.0402. The van der Waals surface area contributed by atoms with Crippen molar-refractivity contribution in [2.24, 2.45) is 0 Å². The summed E-state index contributed by atoms with van der Waals surface area (Å²) in [7, 11) is 0. The first-order valence-electron chi connectivity index (χ1n) is 9.25. The van der Waals surface area contributed by atoms with Crippen LogP contribution >= 0.6 is 11.3 Å². The molecule has 4 rings (SSSR count). The van der Waals surface area contributed by atoms with Gasteiger partial charge in [-0.25, -0.2) is 4.98 Å². The Kier molecular flexibility index (Phi) is 5.36. The van der Waals surface area contributed by atoms with Crippen LogP contribution in [0.1, 0.15) is 27.0 Å². The van der Waals surface area contributed by atoms with Gasteiger partial charge in [0.25, 0.3) is 11.5 Å². The van der Waals surface area contributed by atoms with Crippen molar-refractivity contribution < 1.29 is 18.0 Å². The van der Waals surface area contributed by atoms with Gasteiger partial charge in [-0.15, -0.1) is 0 Å². The van der Waals surface area contributed by atoms with Crippen molar-refractivity contribution in [2.75, 3.05) is 5.32 Å². The highest BCUT2D eigenvalue weighted by molar-refractivity contribution is 7.22. The maximum absolute atomic E-state index is 12.8. The number of anilines is 1. The van der Waals surface area contributed by atoms with Crippen LogP contribution in [0.5, 0.6) is 0 Å². The maximum Gasteiger partial charge on any atom is 0.416 e. The molecule has 2 aromatic heterocycles. The fraction of sp³-hybridized carbons (Fsp3) is 0.136. The van der Waals surface area contributed by atoms with Gasteiger partial charge in [0.05, 0.1) is 22.3 Å². The molecule has 1 N–H and O–H groups in total. The third-order valence-corrected chi connectivity index (χ3v) is 5.60.